The summed E-state index contributed by atoms with van der Waals surface area (Å²) in [5.41, 5.74) is 3.91. The second-order valence-corrected chi connectivity index (χ2v) is 6.11. The minimum absolute atomic E-state index is 0.331. The van der Waals surface area contributed by atoms with Crippen LogP contribution in [0.1, 0.15) is 16.1 Å². The predicted molar refractivity (Wildman–Crippen MR) is 94.7 cm³/mol. The fourth-order valence-electron chi connectivity index (χ4n) is 2.71. The van der Waals surface area contributed by atoms with E-state index in [1.54, 1.807) is 17.8 Å². The molecule has 3 rings (SSSR count). The molecule has 23 heavy (non-hydrogen) atoms. The quantitative estimate of drug-likeness (QED) is 0.696. The molecule has 0 spiro atoms. The van der Waals surface area contributed by atoms with Gasteiger partial charge in [0.2, 0.25) is 0 Å². The Morgan fingerprint density at radius 3 is 2.26 bits per heavy atom. The molecule has 0 unspecified atom stereocenters. The predicted octanol–water partition coefficient (Wildman–Crippen LogP) is 4.87. The Morgan fingerprint density at radius 2 is 1.70 bits per heavy atom. The number of carboxylic acids is 1. The van der Waals surface area contributed by atoms with E-state index >= 15 is 0 Å². The Labute approximate surface area is 139 Å². The number of carbonyl (C=O) groups is 1. The number of thioether (sulfide) groups is 1. The molecule has 0 fully saturated rings. The summed E-state index contributed by atoms with van der Waals surface area (Å²) in [7, 11) is 0. The van der Waals surface area contributed by atoms with Gasteiger partial charge in [0.05, 0.1) is 11.3 Å². The van der Waals surface area contributed by atoms with Crippen molar-refractivity contribution in [3.05, 3.63) is 71.9 Å². The first kappa shape index (κ1) is 15.4. The summed E-state index contributed by atoms with van der Waals surface area (Å²) in [6.07, 6.45) is 2.04. The van der Waals surface area contributed by atoms with Gasteiger partial charge in [-0.1, -0.05) is 30.3 Å². The zero-order chi connectivity index (χ0) is 16.4. The second kappa shape index (κ2) is 6.34. The highest BCUT2D eigenvalue weighted by Crippen LogP contribution is 2.30. The van der Waals surface area contributed by atoms with Crippen LogP contribution in [-0.2, 0) is 0 Å². The minimum atomic E-state index is -0.904. The molecule has 2 aromatic carbocycles. The molecule has 0 saturated carbocycles. The summed E-state index contributed by atoms with van der Waals surface area (Å²) >= 11 is 1.68. The van der Waals surface area contributed by atoms with Gasteiger partial charge in [-0.2, -0.15) is 0 Å². The monoisotopic (exact) mass is 323 g/mol. The third-order valence-electron chi connectivity index (χ3n) is 3.88. The van der Waals surface area contributed by atoms with Gasteiger partial charge in [0.25, 0.3) is 0 Å². The van der Waals surface area contributed by atoms with E-state index in [-0.39, 0.29) is 0 Å². The van der Waals surface area contributed by atoms with E-state index in [4.69, 9.17) is 0 Å². The van der Waals surface area contributed by atoms with Gasteiger partial charge in [-0.15, -0.1) is 11.8 Å². The Bertz CT molecular complexity index is 836. The van der Waals surface area contributed by atoms with Crippen LogP contribution in [0.4, 0.5) is 0 Å². The van der Waals surface area contributed by atoms with E-state index in [1.165, 1.54) is 4.90 Å². The van der Waals surface area contributed by atoms with Gasteiger partial charge in [0.15, 0.2) is 0 Å². The zero-order valence-corrected chi connectivity index (χ0v) is 13.8. The number of carboxylic acid groups (broad SMARTS) is 1. The van der Waals surface area contributed by atoms with Crippen molar-refractivity contribution in [2.75, 3.05) is 6.26 Å². The fraction of sp³-hybridized carbons (Fsp3) is 0.105. The number of aromatic nitrogens is 1. The van der Waals surface area contributed by atoms with E-state index in [0.717, 1.165) is 22.6 Å². The van der Waals surface area contributed by atoms with Crippen molar-refractivity contribution in [3.63, 3.8) is 0 Å². The Balaban J connectivity index is 2.23. The highest BCUT2D eigenvalue weighted by Gasteiger charge is 2.18. The van der Waals surface area contributed by atoms with Crippen molar-refractivity contribution in [2.45, 2.75) is 11.8 Å². The molecular weight excluding hydrogens is 306 g/mol. The van der Waals surface area contributed by atoms with Crippen molar-refractivity contribution in [1.82, 2.24) is 4.57 Å². The summed E-state index contributed by atoms with van der Waals surface area (Å²) in [5.74, 6) is -0.904. The van der Waals surface area contributed by atoms with Crippen LogP contribution < -0.4 is 0 Å². The molecule has 0 radical (unpaired) electrons. The first-order valence-electron chi connectivity index (χ1n) is 7.27. The summed E-state index contributed by atoms with van der Waals surface area (Å²) in [6, 6.07) is 19.8. The van der Waals surface area contributed by atoms with E-state index in [2.05, 4.69) is 12.1 Å². The van der Waals surface area contributed by atoms with E-state index < -0.39 is 5.97 Å². The lowest BCUT2D eigenvalue weighted by atomic mass is 10.1. The molecule has 3 aromatic rings. The third kappa shape index (κ3) is 2.90. The van der Waals surface area contributed by atoms with Crippen LogP contribution in [0.2, 0.25) is 0 Å². The van der Waals surface area contributed by atoms with Crippen LogP contribution in [0.15, 0.2) is 65.6 Å². The Morgan fingerprint density at radius 1 is 1.04 bits per heavy atom. The van der Waals surface area contributed by atoms with Crippen molar-refractivity contribution < 1.29 is 9.90 Å². The fourth-order valence-corrected chi connectivity index (χ4v) is 3.12. The largest absolute Gasteiger partial charge is 0.478 e. The van der Waals surface area contributed by atoms with Crippen LogP contribution >= 0.6 is 11.8 Å². The Hall–Kier alpha value is -2.46. The molecule has 0 aliphatic carbocycles. The second-order valence-electron chi connectivity index (χ2n) is 5.23. The van der Waals surface area contributed by atoms with Crippen LogP contribution in [0, 0.1) is 6.92 Å². The molecule has 0 saturated heterocycles. The molecule has 0 aliphatic rings. The summed E-state index contributed by atoms with van der Waals surface area (Å²) < 4.78 is 2.00. The highest BCUT2D eigenvalue weighted by atomic mass is 32.2. The van der Waals surface area contributed by atoms with Crippen LogP contribution in [-0.4, -0.2) is 21.9 Å². The van der Waals surface area contributed by atoms with Crippen LogP contribution in [0.5, 0.6) is 0 Å². The van der Waals surface area contributed by atoms with Crippen molar-refractivity contribution in [3.8, 4) is 16.9 Å². The van der Waals surface area contributed by atoms with E-state index in [1.807, 2.05) is 60.2 Å². The van der Waals surface area contributed by atoms with Crippen molar-refractivity contribution in [1.29, 1.82) is 0 Å². The SMILES string of the molecule is CSc1ccc(-n2c(-c3ccccc3)cc(C(=O)O)c2C)cc1. The molecule has 0 aliphatic heterocycles. The maximum absolute atomic E-state index is 11.5. The minimum Gasteiger partial charge on any atom is -0.478 e. The van der Waals surface area contributed by atoms with E-state index in [0.29, 0.717) is 5.56 Å². The van der Waals surface area contributed by atoms with Crippen LogP contribution in [0.3, 0.4) is 0 Å². The lowest BCUT2D eigenvalue weighted by molar-refractivity contribution is 0.0696. The van der Waals surface area contributed by atoms with Gasteiger partial charge in [0.1, 0.15) is 0 Å². The number of hydrogen-bond acceptors (Lipinski definition) is 2. The number of aromatic carboxylic acids is 1. The lowest BCUT2D eigenvalue weighted by Crippen LogP contribution is -2.02. The van der Waals surface area contributed by atoms with Gasteiger partial charge in [-0.3, -0.25) is 0 Å². The van der Waals surface area contributed by atoms with Gasteiger partial charge in [-0.25, -0.2) is 4.79 Å². The average molecular weight is 323 g/mol. The number of benzene rings is 2. The topological polar surface area (TPSA) is 42.2 Å². The normalized spacial score (nSPS) is 10.7. The van der Waals surface area contributed by atoms with E-state index in [9.17, 15) is 9.90 Å². The molecule has 1 aromatic heterocycles. The first-order valence-corrected chi connectivity index (χ1v) is 8.50. The first-order chi connectivity index (χ1) is 11.1. The Kier molecular flexibility index (Phi) is 4.26. The maximum Gasteiger partial charge on any atom is 0.337 e. The molecule has 0 bridgehead atoms. The molecule has 1 N–H and O–H groups in total. The number of rotatable bonds is 4. The lowest BCUT2D eigenvalue weighted by Gasteiger charge is -2.12. The molecule has 0 amide bonds. The molecular formula is C19H17NO2S. The smallest absolute Gasteiger partial charge is 0.337 e. The average Bonchev–Trinajstić information content (AvgIpc) is 2.93. The molecule has 1 heterocycles. The third-order valence-corrected chi connectivity index (χ3v) is 4.62. The standard InChI is InChI=1S/C19H17NO2S/c1-13-17(19(21)22)12-18(14-6-4-3-5-7-14)20(13)15-8-10-16(23-2)11-9-15/h3-12H,1-2H3,(H,21,22). The van der Waals surface area contributed by atoms with Gasteiger partial charge >= 0.3 is 5.97 Å². The van der Waals surface area contributed by atoms with Gasteiger partial charge < -0.3 is 9.67 Å². The molecule has 4 heteroatoms. The maximum atomic E-state index is 11.5. The highest BCUT2D eigenvalue weighted by molar-refractivity contribution is 7.98. The molecule has 116 valence electrons. The zero-order valence-electron chi connectivity index (χ0n) is 13.0. The summed E-state index contributed by atoms with van der Waals surface area (Å²) in [5, 5.41) is 9.46. The molecule has 3 nitrogen and oxygen atoms in total. The molecule has 0 atom stereocenters. The number of nitrogens with zero attached hydrogens (tertiary/aromatic N) is 1. The van der Waals surface area contributed by atoms with Crippen molar-refractivity contribution in [2.24, 2.45) is 0 Å². The van der Waals surface area contributed by atoms with Gasteiger partial charge in [0, 0.05) is 16.3 Å². The van der Waals surface area contributed by atoms with Crippen molar-refractivity contribution >= 4 is 17.7 Å². The van der Waals surface area contributed by atoms with Crippen LogP contribution in [0.25, 0.3) is 16.9 Å². The van der Waals surface area contributed by atoms with Gasteiger partial charge in [-0.05, 0) is 49.1 Å². The summed E-state index contributed by atoms with van der Waals surface area (Å²) in [6.45, 7) is 1.85. The number of hydrogen-bond donors (Lipinski definition) is 1. The summed E-state index contributed by atoms with van der Waals surface area (Å²) in [4.78, 5) is 12.7.